The van der Waals surface area contributed by atoms with Gasteiger partial charge in [0.15, 0.2) is 0 Å². The third kappa shape index (κ3) is 1.68. The van der Waals surface area contributed by atoms with Crippen molar-refractivity contribution in [3.8, 4) is 0 Å². The summed E-state index contributed by atoms with van der Waals surface area (Å²) in [5.41, 5.74) is 3.67. The van der Waals surface area contributed by atoms with E-state index in [1.807, 2.05) is 6.20 Å². The first-order chi connectivity index (χ1) is 9.33. The number of rotatable bonds is 0. The third-order valence-electron chi connectivity index (χ3n) is 4.54. The Morgan fingerprint density at radius 3 is 3.16 bits per heavy atom. The number of anilines is 2. The van der Waals surface area contributed by atoms with Gasteiger partial charge < -0.3 is 10.2 Å². The summed E-state index contributed by atoms with van der Waals surface area (Å²) in [4.78, 5) is 7.16. The molecule has 0 spiro atoms. The third-order valence-corrected chi connectivity index (χ3v) is 4.54. The van der Waals surface area contributed by atoms with Crippen molar-refractivity contribution < 1.29 is 0 Å². The molecule has 4 rings (SSSR count). The van der Waals surface area contributed by atoms with Gasteiger partial charge in [0.2, 0.25) is 0 Å². The molecular formula is C16H19N3. The molecule has 2 atom stereocenters. The number of aromatic nitrogens is 1. The second kappa shape index (κ2) is 4.12. The molecule has 3 heterocycles. The monoisotopic (exact) mass is 253 g/mol. The molecule has 3 heteroatoms. The van der Waals surface area contributed by atoms with Crippen LogP contribution in [-0.4, -0.2) is 24.1 Å². The van der Waals surface area contributed by atoms with Crippen LogP contribution < -0.4 is 10.2 Å². The van der Waals surface area contributed by atoms with Crippen LogP contribution in [0.3, 0.4) is 0 Å². The highest BCUT2D eigenvalue weighted by molar-refractivity contribution is 5.99. The SMILES string of the molecule is CC1CCN2c3c(cnc4ccccc34)NCC2C1. The van der Waals surface area contributed by atoms with Crippen LogP contribution in [0.25, 0.3) is 10.9 Å². The van der Waals surface area contributed by atoms with E-state index in [2.05, 4.69) is 46.4 Å². The normalized spacial score (nSPS) is 25.6. The van der Waals surface area contributed by atoms with Crippen molar-refractivity contribution in [2.24, 2.45) is 5.92 Å². The predicted octanol–water partition coefficient (Wildman–Crippen LogP) is 3.27. The lowest BCUT2D eigenvalue weighted by atomic mass is 9.90. The van der Waals surface area contributed by atoms with Gasteiger partial charge in [-0.1, -0.05) is 25.1 Å². The molecule has 0 amide bonds. The maximum atomic E-state index is 4.56. The number of benzene rings is 1. The van der Waals surface area contributed by atoms with Gasteiger partial charge in [-0.15, -0.1) is 0 Å². The minimum absolute atomic E-state index is 0.641. The summed E-state index contributed by atoms with van der Waals surface area (Å²) < 4.78 is 0. The molecule has 1 fully saturated rings. The van der Waals surface area contributed by atoms with E-state index in [1.165, 1.54) is 36.1 Å². The second-order valence-electron chi connectivity index (χ2n) is 5.90. The molecule has 0 saturated carbocycles. The van der Waals surface area contributed by atoms with Crippen LogP contribution in [0, 0.1) is 5.92 Å². The zero-order valence-electron chi connectivity index (χ0n) is 11.3. The minimum Gasteiger partial charge on any atom is -0.380 e. The average Bonchev–Trinajstić information content (AvgIpc) is 2.46. The number of fused-ring (bicyclic) bond motifs is 5. The molecule has 2 aromatic rings. The van der Waals surface area contributed by atoms with Crippen LogP contribution in [0.1, 0.15) is 19.8 Å². The van der Waals surface area contributed by atoms with Gasteiger partial charge in [0, 0.05) is 24.5 Å². The maximum absolute atomic E-state index is 4.56. The Morgan fingerprint density at radius 1 is 1.32 bits per heavy atom. The van der Waals surface area contributed by atoms with Crippen LogP contribution in [0.5, 0.6) is 0 Å². The van der Waals surface area contributed by atoms with Crippen molar-refractivity contribution in [2.45, 2.75) is 25.8 Å². The second-order valence-corrected chi connectivity index (χ2v) is 5.90. The molecule has 98 valence electrons. The average molecular weight is 253 g/mol. The van der Waals surface area contributed by atoms with E-state index in [9.17, 15) is 0 Å². The van der Waals surface area contributed by atoms with Crippen LogP contribution >= 0.6 is 0 Å². The Morgan fingerprint density at radius 2 is 2.21 bits per heavy atom. The Bertz CT molecular complexity index is 622. The number of pyridine rings is 1. The number of hydrogen-bond acceptors (Lipinski definition) is 3. The van der Waals surface area contributed by atoms with Crippen molar-refractivity contribution in [3.05, 3.63) is 30.5 Å². The van der Waals surface area contributed by atoms with Gasteiger partial charge >= 0.3 is 0 Å². The summed E-state index contributed by atoms with van der Waals surface area (Å²) >= 11 is 0. The zero-order valence-corrected chi connectivity index (χ0v) is 11.3. The molecule has 2 aliphatic rings. The Kier molecular flexibility index (Phi) is 2.40. The molecule has 0 radical (unpaired) electrons. The summed E-state index contributed by atoms with van der Waals surface area (Å²) in [5.74, 6) is 0.845. The molecule has 2 aliphatic heterocycles. The predicted molar refractivity (Wildman–Crippen MR) is 79.8 cm³/mol. The van der Waals surface area contributed by atoms with Gasteiger partial charge in [-0.2, -0.15) is 0 Å². The largest absolute Gasteiger partial charge is 0.380 e. The molecular weight excluding hydrogens is 234 g/mol. The number of nitrogens with one attached hydrogen (secondary N) is 1. The van der Waals surface area contributed by atoms with Crippen LogP contribution in [0.2, 0.25) is 0 Å². The summed E-state index contributed by atoms with van der Waals surface area (Å²) in [7, 11) is 0. The smallest absolute Gasteiger partial charge is 0.0772 e. The quantitative estimate of drug-likeness (QED) is 0.781. The topological polar surface area (TPSA) is 28.2 Å². The first kappa shape index (κ1) is 11.1. The number of nitrogens with zero attached hydrogens (tertiary/aromatic N) is 2. The van der Waals surface area contributed by atoms with Crippen LogP contribution in [0.4, 0.5) is 11.4 Å². The molecule has 0 bridgehead atoms. The number of piperidine rings is 1. The lowest BCUT2D eigenvalue weighted by molar-refractivity contribution is 0.368. The van der Waals surface area contributed by atoms with Crippen molar-refractivity contribution in [1.29, 1.82) is 0 Å². The van der Waals surface area contributed by atoms with Gasteiger partial charge in [-0.3, -0.25) is 4.98 Å². The van der Waals surface area contributed by atoms with E-state index in [0.29, 0.717) is 6.04 Å². The van der Waals surface area contributed by atoms with E-state index >= 15 is 0 Å². The molecule has 19 heavy (non-hydrogen) atoms. The molecule has 3 nitrogen and oxygen atoms in total. The molecule has 0 aliphatic carbocycles. The maximum Gasteiger partial charge on any atom is 0.0772 e. The summed E-state index contributed by atoms with van der Waals surface area (Å²) in [6, 6.07) is 9.12. The summed E-state index contributed by atoms with van der Waals surface area (Å²) in [6.07, 6.45) is 4.58. The van der Waals surface area contributed by atoms with Crippen LogP contribution in [0.15, 0.2) is 30.5 Å². The molecule has 1 N–H and O–H groups in total. The fraction of sp³-hybridized carbons (Fsp3) is 0.438. The van der Waals surface area contributed by atoms with E-state index in [-0.39, 0.29) is 0 Å². The first-order valence-electron chi connectivity index (χ1n) is 7.21. The summed E-state index contributed by atoms with van der Waals surface area (Å²) in [6.45, 7) is 4.60. The highest BCUT2D eigenvalue weighted by Crippen LogP contribution is 2.40. The highest BCUT2D eigenvalue weighted by atomic mass is 15.2. The Labute approximate surface area is 113 Å². The lowest BCUT2D eigenvalue weighted by Crippen LogP contribution is -2.49. The highest BCUT2D eigenvalue weighted by Gasteiger charge is 2.32. The molecule has 1 saturated heterocycles. The van der Waals surface area contributed by atoms with E-state index in [4.69, 9.17) is 0 Å². The van der Waals surface area contributed by atoms with Gasteiger partial charge in [-0.05, 0) is 24.8 Å². The van der Waals surface area contributed by atoms with Gasteiger partial charge in [0.1, 0.15) is 0 Å². The molecule has 1 aromatic carbocycles. The molecule has 1 aromatic heterocycles. The first-order valence-corrected chi connectivity index (χ1v) is 7.21. The lowest BCUT2D eigenvalue weighted by Gasteiger charge is -2.44. The van der Waals surface area contributed by atoms with E-state index in [1.54, 1.807) is 0 Å². The minimum atomic E-state index is 0.641. The standard InChI is InChI=1S/C16H19N3/c1-11-6-7-19-12(8-11)9-17-15-10-18-14-5-3-2-4-13(14)16(15)19/h2-5,10-12,17H,6-9H2,1H3. The van der Waals surface area contributed by atoms with Crippen molar-refractivity contribution in [1.82, 2.24) is 4.98 Å². The fourth-order valence-electron chi connectivity index (χ4n) is 3.53. The van der Waals surface area contributed by atoms with Crippen LogP contribution in [-0.2, 0) is 0 Å². The van der Waals surface area contributed by atoms with Crippen molar-refractivity contribution in [3.63, 3.8) is 0 Å². The van der Waals surface area contributed by atoms with Crippen molar-refractivity contribution >= 4 is 22.3 Å². The number of hydrogen-bond donors (Lipinski definition) is 1. The van der Waals surface area contributed by atoms with E-state index < -0.39 is 0 Å². The van der Waals surface area contributed by atoms with Gasteiger partial charge in [0.25, 0.3) is 0 Å². The Hall–Kier alpha value is -1.77. The number of para-hydroxylation sites is 1. The molecule has 2 unspecified atom stereocenters. The fourth-order valence-corrected chi connectivity index (χ4v) is 3.53. The van der Waals surface area contributed by atoms with E-state index in [0.717, 1.165) is 18.0 Å². The zero-order chi connectivity index (χ0) is 12.8. The van der Waals surface area contributed by atoms with Gasteiger partial charge in [-0.25, -0.2) is 0 Å². The Balaban J connectivity index is 1.89. The van der Waals surface area contributed by atoms with Gasteiger partial charge in [0.05, 0.1) is 23.1 Å². The summed E-state index contributed by atoms with van der Waals surface area (Å²) in [5, 5.41) is 4.85. The van der Waals surface area contributed by atoms with Crippen molar-refractivity contribution in [2.75, 3.05) is 23.3 Å².